The fraction of sp³-hybridized carbons (Fsp3) is 0.462. The molecule has 0 aromatic heterocycles. The molecule has 84 valence electrons. The first-order chi connectivity index (χ1) is 7.78. The van der Waals surface area contributed by atoms with Crippen molar-refractivity contribution in [2.75, 3.05) is 13.7 Å². The van der Waals surface area contributed by atoms with Crippen molar-refractivity contribution in [1.29, 1.82) is 0 Å². The molecule has 3 heteroatoms. The van der Waals surface area contributed by atoms with E-state index in [2.05, 4.69) is 0 Å². The normalized spacial score (nSPS) is 26.8. The summed E-state index contributed by atoms with van der Waals surface area (Å²) in [6.07, 6.45) is 1.12. The molecule has 0 spiro atoms. The Labute approximate surface area is 95.0 Å². The molecule has 2 aliphatic rings. The summed E-state index contributed by atoms with van der Waals surface area (Å²) in [7, 11) is 1.66. The van der Waals surface area contributed by atoms with Gasteiger partial charge in [0.25, 0.3) is 0 Å². The second-order valence-electron chi connectivity index (χ2n) is 4.67. The minimum Gasteiger partial charge on any atom is -0.497 e. The number of hydrogen-bond acceptors (Lipinski definition) is 2. The minimum atomic E-state index is 0.341. The highest BCUT2D eigenvalue weighted by Gasteiger charge is 2.51. The molecule has 2 atom stereocenters. The third-order valence-electron chi connectivity index (χ3n) is 3.51. The molecule has 0 radical (unpaired) electrons. The molecule has 1 amide bonds. The lowest BCUT2D eigenvalue weighted by Crippen LogP contribution is -2.27. The molecule has 1 aromatic rings. The van der Waals surface area contributed by atoms with Crippen molar-refractivity contribution in [3.8, 4) is 5.75 Å². The first-order valence-corrected chi connectivity index (χ1v) is 5.69. The highest BCUT2D eigenvalue weighted by Crippen LogP contribution is 2.46. The fourth-order valence-electron chi connectivity index (χ4n) is 2.49. The Bertz CT molecular complexity index is 430. The highest BCUT2D eigenvalue weighted by atomic mass is 16.5. The summed E-state index contributed by atoms with van der Waals surface area (Å²) in [6.45, 7) is 1.67. The third-order valence-corrected chi connectivity index (χ3v) is 3.51. The summed E-state index contributed by atoms with van der Waals surface area (Å²) >= 11 is 0. The van der Waals surface area contributed by atoms with E-state index in [0.29, 0.717) is 17.7 Å². The summed E-state index contributed by atoms with van der Waals surface area (Å²) in [4.78, 5) is 13.8. The number of carbonyl (C=O) groups is 1. The SMILES string of the molecule is COc1cccc(CN2CC3CC3C2=O)c1. The van der Waals surface area contributed by atoms with Crippen LogP contribution in [0.15, 0.2) is 24.3 Å². The molecule has 2 fully saturated rings. The molecule has 0 bridgehead atoms. The molecule has 1 aromatic carbocycles. The lowest BCUT2D eigenvalue weighted by atomic mass is 10.2. The molecular weight excluding hydrogens is 202 g/mol. The average molecular weight is 217 g/mol. The van der Waals surface area contributed by atoms with Crippen molar-refractivity contribution < 1.29 is 9.53 Å². The Kier molecular flexibility index (Phi) is 2.13. The second kappa shape index (κ2) is 3.51. The van der Waals surface area contributed by atoms with E-state index in [1.54, 1.807) is 7.11 Å². The van der Waals surface area contributed by atoms with Gasteiger partial charge in [-0.3, -0.25) is 4.79 Å². The molecular formula is C13H15NO2. The number of piperidine rings is 1. The summed E-state index contributed by atoms with van der Waals surface area (Å²) in [5.74, 6) is 2.20. The topological polar surface area (TPSA) is 29.5 Å². The summed E-state index contributed by atoms with van der Waals surface area (Å²) in [5.41, 5.74) is 1.15. The number of likely N-dealkylation sites (tertiary alicyclic amines) is 1. The van der Waals surface area contributed by atoms with Crippen molar-refractivity contribution in [2.45, 2.75) is 13.0 Å². The zero-order valence-electron chi connectivity index (χ0n) is 9.35. The van der Waals surface area contributed by atoms with Gasteiger partial charge in [-0.25, -0.2) is 0 Å². The lowest BCUT2D eigenvalue weighted by Gasteiger charge is -2.18. The van der Waals surface area contributed by atoms with Crippen molar-refractivity contribution in [3.05, 3.63) is 29.8 Å². The number of fused-ring (bicyclic) bond motifs is 1. The zero-order valence-corrected chi connectivity index (χ0v) is 9.35. The quantitative estimate of drug-likeness (QED) is 0.770. The summed E-state index contributed by atoms with van der Waals surface area (Å²) in [5, 5.41) is 0. The van der Waals surface area contributed by atoms with Gasteiger partial charge in [0, 0.05) is 19.0 Å². The Morgan fingerprint density at radius 2 is 2.38 bits per heavy atom. The monoisotopic (exact) mass is 217 g/mol. The lowest BCUT2D eigenvalue weighted by molar-refractivity contribution is -0.130. The Balaban J connectivity index is 1.71. The van der Waals surface area contributed by atoms with Gasteiger partial charge in [-0.2, -0.15) is 0 Å². The number of nitrogens with zero attached hydrogens (tertiary/aromatic N) is 1. The van der Waals surface area contributed by atoms with Gasteiger partial charge in [0.15, 0.2) is 0 Å². The number of methoxy groups -OCH3 is 1. The molecule has 1 saturated carbocycles. The van der Waals surface area contributed by atoms with Crippen LogP contribution in [-0.4, -0.2) is 24.5 Å². The van der Waals surface area contributed by atoms with Crippen LogP contribution in [0, 0.1) is 11.8 Å². The van der Waals surface area contributed by atoms with Gasteiger partial charge in [0.2, 0.25) is 5.91 Å². The molecule has 3 rings (SSSR count). The highest BCUT2D eigenvalue weighted by molar-refractivity contribution is 5.84. The molecule has 2 unspecified atom stereocenters. The standard InChI is InChI=1S/C13H15NO2/c1-16-11-4-2-3-9(5-11)7-14-8-10-6-12(10)13(14)15/h2-5,10,12H,6-8H2,1H3. The van der Waals surface area contributed by atoms with Crippen LogP contribution in [0.3, 0.4) is 0 Å². The van der Waals surface area contributed by atoms with Gasteiger partial charge >= 0.3 is 0 Å². The zero-order chi connectivity index (χ0) is 11.1. The van der Waals surface area contributed by atoms with Gasteiger partial charge in [0.1, 0.15) is 5.75 Å². The van der Waals surface area contributed by atoms with Gasteiger partial charge < -0.3 is 9.64 Å². The molecule has 3 nitrogen and oxygen atoms in total. The Morgan fingerprint density at radius 3 is 3.06 bits per heavy atom. The molecule has 1 aliphatic carbocycles. The van der Waals surface area contributed by atoms with Crippen LogP contribution in [0.5, 0.6) is 5.75 Å². The van der Waals surface area contributed by atoms with Crippen LogP contribution in [0.4, 0.5) is 0 Å². The largest absolute Gasteiger partial charge is 0.497 e. The molecule has 1 aliphatic heterocycles. The van der Waals surface area contributed by atoms with E-state index in [1.165, 1.54) is 0 Å². The minimum absolute atomic E-state index is 0.341. The third kappa shape index (κ3) is 1.56. The van der Waals surface area contributed by atoms with E-state index in [1.807, 2.05) is 29.2 Å². The maximum absolute atomic E-state index is 11.8. The number of hydrogen-bond donors (Lipinski definition) is 0. The summed E-state index contributed by atoms with van der Waals surface area (Å²) < 4.78 is 5.17. The Morgan fingerprint density at radius 1 is 1.50 bits per heavy atom. The smallest absolute Gasteiger partial charge is 0.226 e. The van der Waals surface area contributed by atoms with Crippen molar-refractivity contribution in [1.82, 2.24) is 4.90 Å². The maximum atomic E-state index is 11.8. The predicted molar refractivity (Wildman–Crippen MR) is 60.0 cm³/mol. The van der Waals surface area contributed by atoms with Crippen LogP contribution in [-0.2, 0) is 11.3 Å². The van der Waals surface area contributed by atoms with E-state index in [9.17, 15) is 4.79 Å². The number of rotatable bonds is 3. The first-order valence-electron chi connectivity index (χ1n) is 5.69. The van der Waals surface area contributed by atoms with Crippen molar-refractivity contribution >= 4 is 5.91 Å². The van der Waals surface area contributed by atoms with E-state index < -0.39 is 0 Å². The number of amides is 1. The van der Waals surface area contributed by atoms with E-state index in [4.69, 9.17) is 4.74 Å². The van der Waals surface area contributed by atoms with E-state index in [0.717, 1.165) is 30.8 Å². The first kappa shape index (κ1) is 9.70. The average Bonchev–Trinajstić information content (AvgIpc) is 3.01. The van der Waals surface area contributed by atoms with Gasteiger partial charge in [-0.05, 0) is 30.0 Å². The summed E-state index contributed by atoms with van der Waals surface area (Å²) in [6, 6.07) is 7.93. The van der Waals surface area contributed by atoms with Crippen LogP contribution < -0.4 is 4.74 Å². The number of ether oxygens (including phenoxy) is 1. The van der Waals surface area contributed by atoms with Crippen LogP contribution in [0.1, 0.15) is 12.0 Å². The van der Waals surface area contributed by atoms with Gasteiger partial charge in [-0.15, -0.1) is 0 Å². The van der Waals surface area contributed by atoms with E-state index in [-0.39, 0.29) is 0 Å². The van der Waals surface area contributed by atoms with Crippen molar-refractivity contribution in [3.63, 3.8) is 0 Å². The Hall–Kier alpha value is -1.51. The molecule has 1 saturated heterocycles. The van der Waals surface area contributed by atoms with Crippen molar-refractivity contribution in [2.24, 2.45) is 11.8 Å². The number of benzene rings is 1. The molecule has 1 heterocycles. The second-order valence-corrected chi connectivity index (χ2v) is 4.67. The fourth-order valence-corrected chi connectivity index (χ4v) is 2.49. The number of carbonyl (C=O) groups excluding carboxylic acids is 1. The van der Waals surface area contributed by atoms with Crippen LogP contribution in [0.2, 0.25) is 0 Å². The van der Waals surface area contributed by atoms with Crippen LogP contribution >= 0.6 is 0 Å². The molecule has 16 heavy (non-hydrogen) atoms. The molecule has 0 N–H and O–H groups in total. The van der Waals surface area contributed by atoms with Crippen LogP contribution in [0.25, 0.3) is 0 Å². The maximum Gasteiger partial charge on any atom is 0.226 e. The van der Waals surface area contributed by atoms with Gasteiger partial charge in [0.05, 0.1) is 7.11 Å². The predicted octanol–water partition coefficient (Wildman–Crippen LogP) is 1.67. The van der Waals surface area contributed by atoms with E-state index >= 15 is 0 Å². The van der Waals surface area contributed by atoms with Gasteiger partial charge in [-0.1, -0.05) is 12.1 Å².